The van der Waals surface area contributed by atoms with Gasteiger partial charge in [-0.3, -0.25) is 0 Å². The van der Waals surface area contributed by atoms with E-state index >= 15 is 0 Å². The fraction of sp³-hybridized carbons (Fsp3) is 0.667. The second kappa shape index (κ2) is 6.03. The molecule has 0 bridgehead atoms. The molecule has 1 saturated heterocycles. The van der Waals surface area contributed by atoms with E-state index in [4.69, 9.17) is 13.9 Å². The summed E-state index contributed by atoms with van der Waals surface area (Å²) in [7, 11) is 0. The summed E-state index contributed by atoms with van der Waals surface area (Å²) in [5.74, 6) is 0.926. The maximum Gasteiger partial charge on any atom is 0.133 e. The minimum Gasteiger partial charge on any atom is -0.467 e. The van der Waals surface area contributed by atoms with Crippen LogP contribution in [0.1, 0.15) is 24.7 Å². The van der Waals surface area contributed by atoms with Crippen molar-refractivity contribution in [3.05, 3.63) is 23.7 Å². The van der Waals surface area contributed by atoms with Crippen LogP contribution in [0, 0.1) is 0 Å². The van der Waals surface area contributed by atoms with Crippen LogP contribution >= 0.6 is 0 Å². The summed E-state index contributed by atoms with van der Waals surface area (Å²) in [5, 5.41) is 3.35. The van der Waals surface area contributed by atoms with Crippen molar-refractivity contribution in [2.45, 2.75) is 32.6 Å². The van der Waals surface area contributed by atoms with Crippen molar-refractivity contribution < 1.29 is 13.9 Å². The summed E-state index contributed by atoms with van der Waals surface area (Å²) < 4.78 is 16.1. The predicted octanol–water partition coefficient (Wildman–Crippen LogP) is 1.69. The average molecular weight is 225 g/mol. The average Bonchev–Trinajstić information content (AvgIpc) is 2.64. The van der Waals surface area contributed by atoms with Crippen LogP contribution in [-0.4, -0.2) is 25.9 Å². The van der Waals surface area contributed by atoms with Crippen molar-refractivity contribution in [3.63, 3.8) is 0 Å². The Morgan fingerprint density at radius 3 is 3.06 bits per heavy atom. The number of hydrogen-bond donors (Lipinski definition) is 1. The molecule has 0 unspecified atom stereocenters. The maximum absolute atomic E-state index is 5.62. The van der Waals surface area contributed by atoms with Crippen molar-refractivity contribution in [1.29, 1.82) is 0 Å². The molecule has 1 aromatic heterocycles. The third kappa shape index (κ3) is 3.07. The molecule has 16 heavy (non-hydrogen) atoms. The first-order valence-corrected chi connectivity index (χ1v) is 5.85. The zero-order valence-electron chi connectivity index (χ0n) is 9.70. The Hall–Kier alpha value is -0.840. The van der Waals surface area contributed by atoms with Crippen LogP contribution in [-0.2, 0) is 22.6 Å². The summed E-state index contributed by atoms with van der Waals surface area (Å²) in [6.45, 7) is 6.01. The molecular weight excluding hydrogens is 206 g/mol. The lowest BCUT2D eigenvalue weighted by atomic mass is 10.2. The van der Waals surface area contributed by atoms with E-state index < -0.39 is 0 Å². The van der Waals surface area contributed by atoms with Gasteiger partial charge in [-0.25, -0.2) is 0 Å². The van der Waals surface area contributed by atoms with Crippen molar-refractivity contribution in [1.82, 2.24) is 5.32 Å². The fourth-order valence-corrected chi connectivity index (χ4v) is 1.55. The molecule has 0 aliphatic carbocycles. The summed E-state index contributed by atoms with van der Waals surface area (Å²) in [4.78, 5) is 0. The monoisotopic (exact) mass is 225 g/mol. The zero-order chi connectivity index (χ0) is 11.2. The third-order valence-corrected chi connectivity index (χ3v) is 2.64. The molecule has 0 saturated carbocycles. The quantitative estimate of drug-likeness (QED) is 0.717. The Kier molecular flexibility index (Phi) is 4.39. The molecular formula is C12H19NO3. The molecule has 0 aromatic carbocycles. The van der Waals surface area contributed by atoms with Gasteiger partial charge in [0, 0.05) is 12.1 Å². The van der Waals surface area contributed by atoms with Gasteiger partial charge in [-0.2, -0.15) is 0 Å². The van der Waals surface area contributed by atoms with Crippen molar-refractivity contribution in [3.8, 4) is 0 Å². The van der Waals surface area contributed by atoms with E-state index in [0.717, 1.165) is 25.3 Å². The Balaban J connectivity index is 1.76. The Labute approximate surface area is 95.9 Å². The van der Waals surface area contributed by atoms with Gasteiger partial charge in [-0.15, -0.1) is 0 Å². The lowest BCUT2D eigenvalue weighted by molar-refractivity contribution is -0.138. The van der Waals surface area contributed by atoms with Crippen LogP contribution in [0.15, 0.2) is 16.7 Å². The van der Waals surface area contributed by atoms with Gasteiger partial charge in [0.25, 0.3) is 0 Å². The first-order chi connectivity index (χ1) is 7.90. The minimum absolute atomic E-state index is 0.251. The summed E-state index contributed by atoms with van der Waals surface area (Å²) in [6.07, 6.45) is 3.11. The van der Waals surface area contributed by atoms with Gasteiger partial charge in [-0.1, -0.05) is 6.92 Å². The second-order valence-electron chi connectivity index (χ2n) is 4.02. The van der Waals surface area contributed by atoms with E-state index in [2.05, 4.69) is 12.2 Å². The number of nitrogens with one attached hydrogen (secondary N) is 1. The van der Waals surface area contributed by atoms with E-state index in [-0.39, 0.29) is 6.10 Å². The minimum atomic E-state index is 0.251. The van der Waals surface area contributed by atoms with E-state index in [1.807, 2.05) is 6.07 Å². The molecule has 4 nitrogen and oxygen atoms in total. The lowest BCUT2D eigenvalue weighted by Gasteiger charge is -2.25. The number of ether oxygens (including phenoxy) is 2. The van der Waals surface area contributed by atoms with Crippen LogP contribution in [0.5, 0.6) is 0 Å². The van der Waals surface area contributed by atoms with Crippen molar-refractivity contribution >= 4 is 0 Å². The highest BCUT2D eigenvalue weighted by atomic mass is 16.6. The third-order valence-electron chi connectivity index (χ3n) is 2.64. The van der Waals surface area contributed by atoms with Gasteiger partial charge < -0.3 is 19.2 Å². The molecule has 0 radical (unpaired) electrons. The van der Waals surface area contributed by atoms with Gasteiger partial charge in [0.15, 0.2) is 0 Å². The normalized spacial score (nSPS) is 16.3. The fourth-order valence-electron chi connectivity index (χ4n) is 1.55. The van der Waals surface area contributed by atoms with E-state index in [1.54, 1.807) is 6.26 Å². The summed E-state index contributed by atoms with van der Waals surface area (Å²) in [5.41, 5.74) is 1.19. The molecule has 1 fully saturated rings. The van der Waals surface area contributed by atoms with Crippen LogP contribution < -0.4 is 5.32 Å². The van der Waals surface area contributed by atoms with Gasteiger partial charge in [0.05, 0.1) is 19.5 Å². The smallest absolute Gasteiger partial charge is 0.133 e. The standard InChI is InChI=1S/C12H19NO3/c1-2-4-13-6-10-3-5-15-12(10)9-16-11-7-14-8-11/h3,5,11,13H,2,4,6-9H2,1H3. The molecule has 0 spiro atoms. The molecule has 1 aromatic rings. The first-order valence-electron chi connectivity index (χ1n) is 5.85. The lowest BCUT2D eigenvalue weighted by Crippen LogP contribution is -2.35. The van der Waals surface area contributed by atoms with Gasteiger partial charge in [-0.05, 0) is 19.0 Å². The van der Waals surface area contributed by atoms with Crippen LogP contribution in [0.3, 0.4) is 0 Å². The molecule has 0 atom stereocenters. The Morgan fingerprint density at radius 1 is 1.50 bits per heavy atom. The van der Waals surface area contributed by atoms with E-state index in [1.165, 1.54) is 5.56 Å². The van der Waals surface area contributed by atoms with Gasteiger partial charge in [0.1, 0.15) is 18.5 Å². The maximum atomic E-state index is 5.62. The molecule has 90 valence electrons. The number of rotatable bonds is 7. The summed E-state index contributed by atoms with van der Waals surface area (Å²) in [6, 6.07) is 2.00. The van der Waals surface area contributed by atoms with Crippen LogP contribution in [0.25, 0.3) is 0 Å². The van der Waals surface area contributed by atoms with E-state index in [9.17, 15) is 0 Å². The molecule has 1 N–H and O–H groups in total. The second-order valence-corrected chi connectivity index (χ2v) is 4.02. The van der Waals surface area contributed by atoms with Crippen molar-refractivity contribution in [2.24, 2.45) is 0 Å². The van der Waals surface area contributed by atoms with E-state index in [0.29, 0.717) is 19.8 Å². The van der Waals surface area contributed by atoms with Crippen LogP contribution in [0.2, 0.25) is 0 Å². The molecule has 2 heterocycles. The molecule has 0 amide bonds. The topological polar surface area (TPSA) is 43.6 Å². The number of furan rings is 1. The molecule has 1 aliphatic heterocycles. The molecule has 1 aliphatic rings. The van der Waals surface area contributed by atoms with Gasteiger partial charge >= 0.3 is 0 Å². The zero-order valence-corrected chi connectivity index (χ0v) is 9.70. The molecule has 4 heteroatoms. The summed E-state index contributed by atoms with van der Waals surface area (Å²) >= 11 is 0. The molecule has 2 rings (SSSR count). The van der Waals surface area contributed by atoms with Crippen molar-refractivity contribution in [2.75, 3.05) is 19.8 Å². The SMILES string of the molecule is CCCNCc1ccoc1COC1COC1. The predicted molar refractivity (Wildman–Crippen MR) is 60.1 cm³/mol. The van der Waals surface area contributed by atoms with Gasteiger partial charge in [0.2, 0.25) is 0 Å². The highest BCUT2D eigenvalue weighted by molar-refractivity contribution is 5.16. The number of hydrogen-bond acceptors (Lipinski definition) is 4. The Bertz CT molecular complexity index is 307. The van der Waals surface area contributed by atoms with Crippen LogP contribution in [0.4, 0.5) is 0 Å². The first kappa shape index (κ1) is 11.6. The largest absolute Gasteiger partial charge is 0.467 e. The highest BCUT2D eigenvalue weighted by Crippen LogP contribution is 2.15. The Morgan fingerprint density at radius 2 is 2.38 bits per heavy atom. The highest BCUT2D eigenvalue weighted by Gasteiger charge is 2.19.